The summed E-state index contributed by atoms with van der Waals surface area (Å²) in [6.07, 6.45) is 0. The predicted molar refractivity (Wildman–Crippen MR) is 106 cm³/mol. The average Bonchev–Trinajstić information content (AvgIpc) is 2.90. The number of nitrogens with two attached hydrogens (primary N) is 1. The third kappa shape index (κ3) is 3.16. The summed E-state index contributed by atoms with van der Waals surface area (Å²) in [5, 5.41) is 2.89. The third-order valence-electron chi connectivity index (χ3n) is 4.46. The lowest BCUT2D eigenvalue weighted by molar-refractivity contribution is 0.0966. The molecule has 0 bridgehead atoms. The topological polar surface area (TPSA) is 64.3 Å². The quantitative estimate of drug-likeness (QED) is 0.650. The van der Waals surface area contributed by atoms with Gasteiger partial charge in [0.2, 0.25) is 9.04 Å². The smallest absolute Gasteiger partial charge is 0.254 e. The van der Waals surface area contributed by atoms with Gasteiger partial charge < -0.3 is 15.5 Å². The summed E-state index contributed by atoms with van der Waals surface area (Å²) in [5.41, 5.74) is 11.4. The van der Waals surface area contributed by atoms with Gasteiger partial charge in [-0.1, -0.05) is 45.0 Å². The maximum Gasteiger partial charge on any atom is 0.254 e. The second-order valence-electron chi connectivity index (χ2n) is 7.84. The Balaban J connectivity index is 2.27. The van der Waals surface area contributed by atoms with Crippen molar-refractivity contribution < 1.29 is 9.22 Å². The van der Waals surface area contributed by atoms with Gasteiger partial charge in [0.1, 0.15) is 5.75 Å². The van der Waals surface area contributed by atoms with E-state index in [4.69, 9.17) is 10.2 Å². The Morgan fingerprint density at radius 3 is 2.48 bits per heavy atom. The van der Waals surface area contributed by atoms with Gasteiger partial charge in [0.25, 0.3) is 5.91 Å². The van der Waals surface area contributed by atoms with Crippen molar-refractivity contribution in [1.82, 2.24) is 5.32 Å². The summed E-state index contributed by atoms with van der Waals surface area (Å²) in [6, 6.07) is 10.1. The molecule has 0 saturated heterocycles. The van der Waals surface area contributed by atoms with Crippen LogP contribution in [0.3, 0.4) is 0 Å². The summed E-state index contributed by atoms with van der Waals surface area (Å²) >= 11 is 0. The number of amides is 1. The molecule has 0 fully saturated rings. The summed E-state index contributed by atoms with van der Waals surface area (Å²) < 4.78 is 6.38. The van der Waals surface area contributed by atoms with E-state index < -0.39 is 9.04 Å². The van der Waals surface area contributed by atoms with Gasteiger partial charge in [0, 0.05) is 17.8 Å². The highest BCUT2D eigenvalue weighted by Gasteiger charge is 2.28. The normalized spacial score (nSPS) is 13.8. The largest absolute Gasteiger partial charge is 0.546 e. The van der Waals surface area contributed by atoms with E-state index in [0.717, 1.165) is 22.4 Å². The summed E-state index contributed by atoms with van der Waals surface area (Å²) in [5.74, 6) is 0.852. The molecular weight excluding hydrogens is 328 g/mol. The zero-order valence-electron chi connectivity index (χ0n) is 15.6. The molecule has 1 aliphatic heterocycles. The predicted octanol–water partition coefficient (Wildman–Crippen LogP) is 3.84. The van der Waals surface area contributed by atoms with Crippen LogP contribution in [0.15, 0.2) is 30.3 Å². The van der Waals surface area contributed by atoms with E-state index in [9.17, 15) is 4.79 Å². The molecule has 0 unspecified atom stereocenters. The first-order chi connectivity index (χ1) is 11.7. The molecule has 3 rings (SSSR count). The van der Waals surface area contributed by atoms with E-state index >= 15 is 0 Å². The number of hydrogen-bond acceptors (Lipinski definition) is 3. The van der Waals surface area contributed by atoms with Crippen LogP contribution < -0.4 is 15.5 Å². The number of fused-ring (bicyclic) bond motifs is 1. The molecule has 0 spiro atoms. The van der Waals surface area contributed by atoms with Crippen LogP contribution in [0.25, 0.3) is 11.1 Å². The molecule has 1 amide bonds. The van der Waals surface area contributed by atoms with Gasteiger partial charge in [-0.3, -0.25) is 4.79 Å². The molecular formula is C20H26N2O2Si. The van der Waals surface area contributed by atoms with Crippen LogP contribution in [0.1, 0.15) is 42.3 Å². The van der Waals surface area contributed by atoms with E-state index in [1.807, 2.05) is 12.1 Å². The fourth-order valence-corrected chi connectivity index (χ4v) is 4.05. The lowest BCUT2D eigenvalue weighted by Crippen LogP contribution is -2.19. The lowest BCUT2D eigenvalue weighted by Gasteiger charge is -2.27. The van der Waals surface area contributed by atoms with E-state index in [0.29, 0.717) is 17.8 Å². The van der Waals surface area contributed by atoms with Crippen molar-refractivity contribution in [3.8, 4) is 16.9 Å². The Bertz CT molecular complexity index is 838. The molecule has 3 N–H and O–H groups in total. The molecule has 4 nitrogen and oxygen atoms in total. The Morgan fingerprint density at radius 1 is 1.12 bits per heavy atom. The monoisotopic (exact) mass is 354 g/mol. The number of anilines is 1. The SMILES string of the molecule is C[SiH](C)Oc1c(-c2ccc(N)c3c2CNC3=O)cccc1C(C)(C)C. The van der Waals surface area contributed by atoms with Gasteiger partial charge in [0.05, 0.1) is 5.56 Å². The van der Waals surface area contributed by atoms with E-state index in [2.05, 4.69) is 57.4 Å². The maximum absolute atomic E-state index is 12.1. The minimum absolute atomic E-state index is 0.0281. The molecule has 132 valence electrons. The molecule has 1 heterocycles. The van der Waals surface area contributed by atoms with E-state index in [-0.39, 0.29) is 11.3 Å². The van der Waals surface area contributed by atoms with E-state index in [1.54, 1.807) is 0 Å². The van der Waals surface area contributed by atoms with Crippen LogP contribution in [0.5, 0.6) is 5.75 Å². The number of nitrogens with one attached hydrogen (secondary N) is 1. The number of para-hydroxylation sites is 1. The molecule has 0 aliphatic carbocycles. The molecule has 0 saturated carbocycles. The molecule has 1 aliphatic rings. The molecule has 5 heteroatoms. The van der Waals surface area contributed by atoms with Crippen LogP contribution >= 0.6 is 0 Å². The second kappa shape index (κ2) is 6.22. The van der Waals surface area contributed by atoms with Crippen LogP contribution in [0.4, 0.5) is 5.69 Å². The van der Waals surface area contributed by atoms with Crippen LogP contribution in [0, 0.1) is 0 Å². The van der Waals surface area contributed by atoms with Crippen molar-refractivity contribution >= 4 is 20.6 Å². The third-order valence-corrected chi connectivity index (χ3v) is 5.17. The van der Waals surface area contributed by atoms with Gasteiger partial charge in [-0.15, -0.1) is 0 Å². The van der Waals surface area contributed by atoms with Gasteiger partial charge in [-0.25, -0.2) is 0 Å². The van der Waals surface area contributed by atoms with Crippen LogP contribution in [-0.2, 0) is 12.0 Å². The fourth-order valence-electron chi connectivity index (χ4n) is 3.33. The average molecular weight is 355 g/mol. The van der Waals surface area contributed by atoms with Gasteiger partial charge in [-0.05, 0) is 41.3 Å². The molecule has 0 aromatic heterocycles. The number of carbonyl (C=O) groups is 1. The Labute approximate surface area is 151 Å². The molecule has 2 aromatic rings. The highest BCUT2D eigenvalue weighted by atomic mass is 28.3. The maximum atomic E-state index is 12.1. The Kier molecular flexibility index (Phi) is 4.37. The zero-order valence-corrected chi connectivity index (χ0v) is 16.7. The number of rotatable bonds is 3. The van der Waals surface area contributed by atoms with Gasteiger partial charge in [-0.2, -0.15) is 0 Å². The molecule has 25 heavy (non-hydrogen) atoms. The van der Waals surface area contributed by atoms with Crippen molar-refractivity contribution in [3.63, 3.8) is 0 Å². The first kappa shape index (κ1) is 17.5. The van der Waals surface area contributed by atoms with Gasteiger partial charge in [0.15, 0.2) is 0 Å². The highest BCUT2D eigenvalue weighted by molar-refractivity contribution is 6.49. The van der Waals surface area contributed by atoms with Crippen LogP contribution in [-0.4, -0.2) is 14.9 Å². The number of nitrogen functional groups attached to an aromatic ring is 1. The molecule has 2 aromatic carbocycles. The first-order valence-corrected chi connectivity index (χ1v) is 11.5. The summed E-state index contributed by atoms with van der Waals surface area (Å²) in [7, 11) is -1.30. The minimum atomic E-state index is -1.30. The molecule has 0 radical (unpaired) electrons. The summed E-state index contributed by atoms with van der Waals surface area (Å²) in [6.45, 7) is 11.4. The van der Waals surface area contributed by atoms with Gasteiger partial charge >= 0.3 is 0 Å². The Hall–Kier alpha value is -2.27. The first-order valence-electron chi connectivity index (χ1n) is 8.70. The minimum Gasteiger partial charge on any atom is -0.546 e. The van der Waals surface area contributed by atoms with Crippen molar-refractivity contribution in [2.24, 2.45) is 0 Å². The fraction of sp³-hybridized carbons (Fsp3) is 0.350. The molecule has 0 atom stereocenters. The second-order valence-corrected chi connectivity index (χ2v) is 10.2. The number of hydrogen-bond donors (Lipinski definition) is 2. The number of carbonyl (C=O) groups excluding carboxylic acids is 1. The van der Waals surface area contributed by atoms with Crippen molar-refractivity contribution in [3.05, 3.63) is 47.0 Å². The highest BCUT2D eigenvalue weighted by Crippen LogP contribution is 2.42. The number of benzene rings is 2. The lowest BCUT2D eigenvalue weighted by atomic mass is 9.83. The van der Waals surface area contributed by atoms with E-state index in [1.165, 1.54) is 5.56 Å². The van der Waals surface area contributed by atoms with Crippen molar-refractivity contribution in [2.75, 3.05) is 5.73 Å². The van der Waals surface area contributed by atoms with Crippen molar-refractivity contribution in [1.29, 1.82) is 0 Å². The summed E-state index contributed by atoms with van der Waals surface area (Å²) in [4.78, 5) is 12.1. The van der Waals surface area contributed by atoms with Crippen molar-refractivity contribution in [2.45, 2.75) is 45.8 Å². The standard InChI is InChI=1S/C20H26N2O2Si/c1-20(2,3)15-8-6-7-13(18(15)24-25(4)5)12-9-10-16(21)17-14(12)11-22-19(17)23/h6-10,25H,11,21H2,1-5H3,(H,22,23). The zero-order chi connectivity index (χ0) is 18.4. The van der Waals surface area contributed by atoms with Crippen LogP contribution in [0.2, 0.25) is 13.1 Å². The Morgan fingerprint density at radius 2 is 1.84 bits per heavy atom.